The zero-order valence-corrected chi connectivity index (χ0v) is 10.7. The van der Waals surface area contributed by atoms with E-state index in [0.29, 0.717) is 11.3 Å². The van der Waals surface area contributed by atoms with Crippen LogP contribution in [0.1, 0.15) is 11.1 Å². The van der Waals surface area contributed by atoms with Crippen LogP contribution in [0.2, 0.25) is 0 Å². The first-order valence-electron chi connectivity index (χ1n) is 4.87. The summed E-state index contributed by atoms with van der Waals surface area (Å²) in [7, 11) is 0. The van der Waals surface area contributed by atoms with Gasteiger partial charge in [0.05, 0.1) is 5.56 Å². The van der Waals surface area contributed by atoms with Crippen molar-refractivity contribution in [2.24, 2.45) is 10.9 Å². The summed E-state index contributed by atoms with van der Waals surface area (Å²) >= 11 is 2.64. The van der Waals surface area contributed by atoms with E-state index in [1.807, 2.05) is 0 Å². The molecule has 0 spiro atoms. The molecule has 0 aliphatic heterocycles. The van der Waals surface area contributed by atoms with E-state index in [2.05, 4.69) is 14.5 Å². The zero-order chi connectivity index (χ0) is 13.0. The number of aromatic nitrogens is 2. The molecule has 2 rings (SSSR count). The minimum absolute atomic E-state index is 0.0906. The third kappa shape index (κ3) is 2.77. The van der Waals surface area contributed by atoms with Gasteiger partial charge in [-0.2, -0.15) is 4.37 Å². The molecule has 0 atom stereocenters. The number of rotatable bonds is 4. The van der Waals surface area contributed by atoms with Crippen LogP contribution in [0.4, 0.5) is 4.39 Å². The van der Waals surface area contributed by atoms with Gasteiger partial charge in [0, 0.05) is 5.75 Å². The highest BCUT2D eigenvalue weighted by atomic mass is 32.2. The van der Waals surface area contributed by atoms with Crippen molar-refractivity contribution in [3.63, 3.8) is 0 Å². The Morgan fingerprint density at radius 1 is 1.56 bits per heavy atom. The lowest BCUT2D eigenvalue weighted by atomic mass is 10.1. The Bertz CT molecular complexity index is 559. The van der Waals surface area contributed by atoms with Crippen molar-refractivity contribution in [2.45, 2.75) is 10.1 Å². The monoisotopic (exact) mass is 284 g/mol. The predicted molar refractivity (Wildman–Crippen MR) is 68.4 cm³/mol. The summed E-state index contributed by atoms with van der Waals surface area (Å²) in [5, 5.41) is 11.4. The van der Waals surface area contributed by atoms with E-state index < -0.39 is 5.82 Å². The zero-order valence-electron chi connectivity index (χ0n) is 9.08. The van der Waals surface area contributed by atoms with Crippen molar-refractivity contribution in [1.29, 1.82) is 0 Å². The molecule has 0 bridgehead atoms. The largest absolute Gasteiger partial charge is 0.409 e. The van der Waals surface area contributed by atoms with Crippen LogP contribution in [0.25, 0.3) is 0 Å². The van der Waals surface area contributed by atoms with Gasteiger partial charge in [0.2, 0.25) is 0 Å². The van der Waals surface area contributed by atoms with Crippen molar-refractivity contribution in [2.75, 3.05) is 0 Å². The van der Waals surface area contributed by atoms with Crippen LogP contribution in [0.3, 0.4) is 0 Å². The molecule has 1 heterocycles. The molecule has 0 aliphatic carbocycles. The van der Waals surface area contributed by atoms with Gasteiger partial charge in [-0.15, -0.1) is 0 Å². The summed E-state index contributed by atoms with van der Waals surface area (Å²) in [5.41, 5.74) is 5.95. The van der Waals surface area contributed by atoms with Gasteiger partial charge in [0.1, 0.15) is 12.1 Å². The van der Waals surface area contributed by atoms with E-state index in [1.165, 1.54) is 35.7 Å². The Morgan fingerprint density at radius 2 is 2.39 bits per heavy atom. The number of nitrogens with two attached hydrogens (primary N) is 1. The fraction of sp³-hybridized carbons (Fsp3) is 0.100. The second kappa shape index (κ2) is 5.78. The van der Waals surface area contributed by atoms with E-state index in [1.54, 1.807) is 12.1 Å². The van der Waals surface area contributed by atoms with Crippen LogP contribution >= 0.6 is 23.3 Å². The molecule has 18 heavy (non-hydrogen) atoms. The molecule has 0 unspecified atom stereocenters. The Morgan fingerprint density at radius 3 is 3.06 bits per heavy atom. The van der Waals surface area contributed by atoms with Crippen molar-refractivity contribution in [1.82, 2.24) is 9.36 Å². The quantitative estimate of drug-likeness (QED) is 0.295. The fourth-order valence-corrected chi connectivity index (χ4v) is 2.73. The van der Waals surface area contributed by atoms with Gasteiger partial charge < -0.3 is 10.9 Å². The van der Waals surface area contributed by atoms with Crippen molar-refractivity contribution in [3.05, 3.63) is 41.5 Å². The lowest BCUT2D eigenvalue weighted by Crippen LogP contribution is -2.15. The highest BCUT2D eigenvalue weighted by molar-refractivity contribution is 8.00. The maximum atomic E-state index is 14.0. The number of halogens is 1. The summed E-state index contributed by atoms with van der Waals surface area (Å²) in [6, 6.07) is 4.77. The van der Waals surface area contributed by atoms with Gasteiger partial charge in [-0.25, -0.2) is 9.37 Å². The Labute approximate surface area is 111 Å². The van der Waals surface area contributed by atoms with Gasteiger partial charge in [0.25, 0.3) is 0 Å². The molecule has 94 valence electrons. The van der Waals surface area contributed by atoms with E-state index in [9.17, 15) is 4.39 Å². The number of benzene rings is 1. The second-order valence-corrected chi connectivity index (χ2v) is 5.26. The van der Waals surface area contributed by atoms with Crippen LogP contribution in [0, 0.1) is 5.82 Å². The molecule has 8 heteroatoms. The van der Waals surface area contributed by atoms with E-state index in [4.69, 9.17) is 10.9 Å². The van der Waals surface area contributed by atoms with Crippen LogP contribution < -0.4 is 5.73 Å². The predicted octanol–water partition coefficient (Wildman–Crippen LogP) is 2.06. The van der Waals surface area contributed by atoms with Gasteiger partial charge in [-0.1, -0.05) is 29.1 Å². The number of thioether (sulfide) groups is 1. The van der Waals surface area contributed by atoms with E-state index in [-0.39, 0.29) is 11.4 Å². The lowest BCUT2D eigenvalue weighted by Gasteiger charge is -2.06. The number of amidine groups is 1. The number of hydrogen-bond acceptors (Lipinski definition) is 6. The average Bonchev–Trinajstić information content (AvgIpc) is 2.90. The van der Waals surface area contributed by atoms with Crippen molar-refractivity contribution >= 4 is 29.1 Å². The topological polar surface area (TPSA) is 84.4 Å². The van der Waals surface area contributed by atoms with Crippen LogP contribution in [0.15, 0.2) is 34.0 Å². The molecule has 5 nitrogen and oxygen atoms in total. The first-order chi connectivity index (χ1) is 8.72. The Kier molecular flexibility index (Phi) is 4.11. The van der Waals surface area contributed by atoms with E-state index in [0.717, 1.165) is 4.34 Å². The molecule has 0 radical (unpaired) electrons. The van der Waals surface area contributed by atoms with Gasteiger partial charge in [0.15, 0.2) is 10.2 Å². The smallest absolute Gasteiger partial charge is 0.173 e. The van der Waals surface area contributed by atoms with Crippen molar-refractivity contribution in [3.8, 4) is 0 Å². The molecular formula is C10H9FN4OS2. The third-order valence-electron chi connectivity index (χ3n) is 2.15. The number of hydrogen-bond donors (Lipinski definition) is 2. The van der Waals surface area contributed by atoms with E-state index >= 15 is 0 Å². The molecule has 0 aliphatic rings. The second-order valence-electron chi connectivity index (χ2n) is 3.26. The maximum absolute atomic E-state index is 14.0. The molecule has 0 amide bonds. The first-order valence-corrected chi connectivity index (χ1v) is 6.63. The SMILES string of the molecule is N/C(=N/O)c1cccc(CSc2ncns2)c1F. The Balaban J connectivity index is 2.18. The standard InChI is InChI=1S/C10H9FN4OS2/c11-8-6(4-17-10-13-5-14-18-10)2-1-3-7(8)9(12)15-16/h1-3,5,16H,4H2,(H2,12,15). The summed E-state index contributed by atoms with van der Waals surface area (Å²) in [6.07, 6.45) is 1.45. The lowest BCUT2D eigenvalue weighted by molar-refractivity contribution is 0.318. The first kappa shape index (κ1) is 12.8. The number of oxime groups is 1. The third-order valence-corrected chi connectivity index (χ3v) is 4.00. The maximum Gasteiger partial charge on any atom is 0.173 e. The summed E-state index contributed by atoms with van der Waals surface area (Å²) in [5.74, 6) is -0.312. The van der Waals surface area contributed by atoms with Crippen LogP contribution in [-0.2, 0) is 5.75 Å². The van der Waals surface area contributed by atoms with Crippen LogP contribution in [-0.4, -0.2) is 20.4 Å². The molecule has 1 aromatic heterocycles. The summed E-state index contributed by atoms with van der Waals surface area (Å²) in [6.45, 7) is 0. The Hall–Kier alpha value is -1.67. The van der Waals surface area contributed by atoms with Gasteiger partial charge >= 0.3 is 0 Å². The van der Waals surface area contributed by atoms with Crippen LogP contribution in [0.5, 0.6) is 0 Å². The van der Waals surface area contributed by atoms with Gasteiger partial charge in [-0.05, 0) is 23.2 Å². The molecule has 0 saturated carbocycles. The van der Waals surface area contributed by atoms with Gasteiger partial charge in [-0.3, -0.25) is 0 Å². The highest BCUT2D eigenvalue weighted by Crippen LogP contribution is 2.25. The molecular weight excluding hydrogens is 275 g/mol. The molecule has 0 fully saturated rings. The molecule has 3 N–H and O–H groups in total. The summed E-state index contributed by atoms with van der Waals surface area (Å²) < 4.78 is 18.6. The normalized spacial score (nSPS) is 11.7. The van der Waals surface area contributed by atoms with Crippen molar-refractivity contribution < 1.29 is 9.60 Å². The number of nitrogens with zero attached hydrogens (tertiary/aromatic N) is 3. The minimum Gasteiger partial charge on any atom is -0.409 e. The molecule has 0 saturated heterocycles. The fourth-order valence-electron chi connectivity index (χ4n) is 1.31. The molecule has 1 aromatic carbocycles. The average molecular weight is 284 g/mol. The summed E-state index contributed by atoms with van der Waals surface area (Å²) in [4.78, 5) is 3.99. The molecule has 2 aromatic rings. The highest BCUT2D eigenvalue weighted by Gasteiger charge is 2.12. The minimum atomic E-state index is -0.482.